The molecule has 1 aromatic carbocycles. The number of nitrogens with zero attached hydrogens (tertiary/aromatic N) is 2. The molecule has 0 bridgehead atoms. The predicted molar refractivity (Wildman–Crippen MR) is 83.2 cm³/mol. The van der Waals surface area contributed by atoms with Gasteiger partial charge in [-0.1, -0.05) is 16.8 Å². The number of halogens is 1. The van der Waals surface area contributed by atoms with Crippen LogP contribution in [0.1, 0.15) is 23.8 Å². The van der Waals surface area contributed by atoms with Crippen molar-refractivity contribution in [3.8, 4) is 11.3 Å². The van der Waals surface area contributed by atoms with Crippen molar-refractivity contribution in [2.75, 3.05) is 6.54 Å². The lowest BCUT2D eigenvalue weighted by Crippen LogP contribution is -2.37. The number of aromatic nitrogens is 1. The lowest BCUT2D eigenvalue weighted by molar-refractivity contribution is -0.142. The molecular formula is C16H15ClN2O4. The molecule has 1 aliphatic heterocycles. The number of aliphatic carboxylic acids is 1. The van der Waals surface area contributed by atoms with E-state index in [0.29, 0.717) is 23.7 Å². The van der Waals surface area contributed by atoms with Crippen molar-refractivity contribution in [2.24, 2.45) is 5.92 Å². The summed E-state index contributed by atoms with van der Waals surface area (Å²) in [4.78, 5) is 25.2. The van der Waals surface area contributed by atoms with E-state index >= 15 is 0 Å². The molecule has 2 heterocycles. The zero-order chi connectivity index (χ0) is 16.6. The van der Waals surface area contributed by atoms with Crippen LogP contribution in [0.2, 0.25) is 5.02 Å². The maximum Gasteiger partial charge on any atom is 0.308 e. The highest BCUT2D eigenvalue weighted by Gasteiger charge is 2.39. The van der Waals surface area contributed by atoms with Crippen LogP contribution in [0.4, 0.5) is 0 Å². The summed E-state index contributed by atoms with van der Waals surface area (Å²) < 4.78 is 5.22. The van der Waals surface area contributed by atoms with Crippen LogP contribution in [0.25, 0.3) is 11.3 Å². The fraction of sp³-hybridized carbons (Fsp3) is 0.312. The third-order valence-corrected chi connectivity index (χ3v) is 4.44. The largest absolute Gasteiger partial charge is 0.481 e. The summed E-state index contributed by atoms with van der Waals surface area (Å²) in [5.41, 5.74) is 0.937. The summed E-state index contributed by atoms with van der Waals surface area (Å²) in [6, 6.07) is 8.19. The Hall–Kier alpha value is -2.34. The second-order valence-corrected chi connectivity index (χ2v) is 5.99. The van der Waals surface area contributed by atoms with Crippen molar-refractivity contribution in [1.29, 1.82) is 0 Å². The normalized spacial score (nSPS) is 20.7. The summed E-state index contributed by atoms with van der Waals surface area (Å²) in [6.07, 6.45) is 0.449. The number of hydrogen-bond donors (Lipinski definition) is 1. The van der Waals surface area contributed by atoms with Crippen LogP contribution in [-0.2, 0) is 4.79 Å². The highest BCUT2D eigenvalue weighted by atomic mass is 35.5. The van der Waals surface area contributed by atoms with Crippen LogP contribution in [0.15, 0.2) is 34.9 Å². The van der Waals surface area contributed by atoms with Crippen LogP contribution in [0.5, 0.6) is 0 Å². The molecule has 2 unspecified atom stereocenters. The Morgan fingerprint density at radius 1 is 1.35 bits per heavy atom. The predicted octanol–water partition coefficient (Wildman–Crippen LogP) is 2.93. The van der Waals surface area contributed by atoms with Gasteiger partial charge < -0.3 is 14.5 Å². The molecule has 1 aromatic heterocycles. The molecule has 2 atom stereocenters. The van der Waals surface area contributed by atoms with Gasteiger partial charge in [0.1, 0.15) is 0 Å². The summed E-state index contributed by atoms with van der Waals surface area (Å²) in [5, 5.41) is 13.6. The average molecular weight is 335 g/mol. The monoisotopic (exact) mass is 334 g/mol. The Labute approximate surface area is 137 Å². The lowest BCUT2D eigenvalue weighted by Gasteiger charge is -2.21. The topological polar surface area (TPSA) is 83.6 Å². The number of hydrogen-bond acceptors (Lipinski definition) is 4. The van der Waals surface area contributed by atoms with E-state index < -0.39 is 11.9 Å². The van der Waals surface area contributed by atoms with Crippen molar-refractivity contribution in [3.63, 3.8) is 0 Å². The summed E-state index contributed by atoms with van der Waals surface area (Å²) >= 11 is 5.84. The quantitative estimate of drug-likeness (QED) is 0.933. The van der Waals surface area contributed by atoms with Gasteiger partial charge in [0.25, 0.3) is 5.91 Å². The van der Waals surface area contributed by atoms with Gasteiger partial charge in [-0.2, -0.15) is 0 Å². The Morgan fingerprint density at radius 3 is 2.65 bits per heavy atom. The van der Waals surface area contributed by atoms with Gasteiger partial charge in [-0.25, -0.2) is 0 Å². The fourth-order valence-electron chi connectivity index (χ4n) is 2.83. The minimum atomic E-state index is -0.880. The van der Waals surface area contributed by atoms with Crippen molar-refractivity contribution in [1.82, 2.24) is 10.1 Å². The molecule has 1 fully saturated rings. The Balaban J connectivity index is 1.79. The number of benzene rings is 1. The highest BCUT2D eigenvalue weighted by Crippen LogP contribution is 2.27. The summed E-state index contributed by atoms with van der Waals surface area (Å²) in [6.45, 7) is 2.14. The van der Waals surface area contributed by atoms with Gasteiger partial charge in [0.2, 0.25) is 0 Å². The van der Waals surface area contributed by atoms with E-state index in [1.807, 2.05) is 0 Å². The van der Waals surface area contributed by atoms with E-state index in [-0.39, 0.29) is 17.6 Å². The Bertz CT molecular complexity index is 741. The molecule has 0 aliphatic carbocycles. The van der Waals surface area contributed by atoms with Gasteiger partial charge in [0.05, 0.1) is 5.92 Å². The van der Waals surface area contributed by atoms with E-state index in [1.165, 1.54) is 4.90 Å². The second-order valence-electron chi connectivity index (χ2n) is 5.56. The molecule has 1 saturated heterocycles. The fourth-order valence-corrected chi connectivity index (χ4v) is 2.96. The molecule has 120 valence electrons. The van der Waals surface area contributed by atoms with Crippen molar-refractivity contribution < 1.29 is 19.2 Å². The molecule has 0 spiro atoms. The van der Waals surface area contributed by atoms with E-state index in [2.05, 4.69) is 5.16 Å². The third kappa shape index (κ3) is 2.94. The Morgan fingerprint density at radius 2 is 2.04 bits per heavy atom. The van der Waals surface area contributed by atoms with Gasteiger partial charge in [0, 0.05) is 29.2 Å². The number of rotatable bonds is 3. The molecule has 6 nitrogen and oxygen atoms in total. The van der Waals surface area contributed by atoms with E-state index in [1.54, 1.807) is 37.3 Å². The zero-order valence-electron chi connectivity index (χ0n) is 12.4. The SMILES string of the molecule is CC1C(C(=O)O)CCN1C(=O)c1cc(-c2ccc(Cl)cc2)on1. The summed E-state index contributed by atoms with van der Waals surface area (Å²) in [7, 11) is 0. The number of carboxylic acid groups (broad SMARTS) is 1. The first kappa shape index (κ1) is 15.6. The standard InChI is InChI=1S/C16H15ClN2O4/c1-9-12(16(21)22)6-7-19(9)15(20)13-8-14(23-18-13)10-2-4-11(17)5-3-10/h2-5,8-9,12H,6-7H2,1H3,(H,21,22). The van der Waals surface area contributed by atoms with Gasteiger partial charge in [-0.3, -0.25) is 9.59 Å². The van der Waals surface area contributed by atoms with Crippen LogP contribution in [0, 0.1) is 5.92 Å². The van der Waals surface area contributed by atoms with Crippen molar-refractivity contribution in [3.05, 3.63) is 41.0 Å². The molecule has 1 aliphatic rings. The molecule has 23 heavy (non-hydrogen) atoms. The molecule has 2 aromatic rings. The number of carbonyl (C=O) groups is 2. The molecule has 0 radical (unpaired) electrons. The van der Waals surface area contributed by atoms with Gasteiger partial charge in [-0.05, 0) is 37.6 Å². The van der Waals surface area contributed by atoms with Crippen LogP contribution in [0.3, 0.4) is 0 Å². The maximum atomic E-state index is 12.5. The molecule has 7 heteroatoms. The van der Waals surface area contributed by atoms with E-state index in [0.717, 1.165) is 5.56 Å². The number of likely N-dealkylation sites (tertiary alicyclic amines) is 1. The third-order valence-electron chi connectivity index (χ3n) is 4.19. The molecule has 3 rings (SSSR count). The molecule has 0 saturated carbocycles. The highest BCUT2D eigenvalue weighted by molar-refractivity contribution is 6.30. The minimum Gasteiger partial charge on any atom is -0.481 e. The second kappa shape index (κ2) is 6.04. The molecular weight excluding hydrogens is 320 g/mol. The average Bonchev–Trinajstić information content (AvgIpc) is 3.14. The first-order valence-electron chi connectivity index (χ1n) is 7.24. The van der Waals surface area contributed by atoms with Crippen molar-refractivity contribution in [2.45, 2.75) is 19.4 Å². The summed E-state index contributed by atoms with van der Waals surface area (Å²) in [5.74, 6) is -1.27. The van der Waals surface area contributed by atoms with Crippen molar-refractivity contribution >= 4 is 23.5 Å². The van der Waals surface area contributed by atoms with Crippen LogP contribution < -0.4 is 0 Å². The maximum absolute atomic E-state index is 12.5. The van der Waals surface area contributed by atoms with Gasteiger partial charge in [-0.15, -0.1) is 0 Å². The first-order chi connectivity index (χ1) is 11.0. The first-order valence-corrected chi connectivity index (χ1v) is 7.61. The zero-order valence-corrected chi connectivity index (χ0v) is 13.2. The number of amides is 1. The minimum absolute atomic E-state index is 0.174. The number of carbonyl (C=O) groups excluding carboxylic acids is 1. The molecule has 1 N–H and O–H groups in total. The van der Waals surface area contributed by atoms with E-state index in [4.69, 9.17) is 21.2 Å². The van der Waals surface area contributed by atoms with Crippen LogP contribution in [-0.4, -0.2) is 39.6 Å². The van der Waals surface area contributed by atoms with Crippen LogP contribution >= 0.6 is 11.6 Å². The Kier molecular flexibility index (Phi) is 4.09. The number of carboxylic acids is 1. The smallest absolute Gasteiger partial charge is 0.308 e. The molecule has 1 amide bonds. The van der Waals surface area contributed by atoms with Gasteiger partial charge in [0.15, 0.2) is 11.5 Å². The van der Waals surface area contributed by atoms with E-state index in [9.17, 15) is 9.59 Å². The van der Waals surface area contributed by atoms with Gasteiger partial charge >= 0.3 is 5.97 Å². The lowest BCUT2D eigenvalue weighted by atomic mass is 10.0.